The van der Waals surface area contributed by atoms with Crippen LogP contribution in [-0.2, 0) is 0 Å². The van der Waals surface area contributed by atoms with E-state index >= 15 is 0 Å². The summed E-state index contributed by atoms with van der Waals surface area (Å²) in [5.74, 6) is 1.33. The zero-order chi connectivity index (χ0) is 9.69. The van der Waals surface area contributed by atoms with Crippen molar-refractivity contribution in [2.24, 2.45) is 17.3 Å². The SMILES string of the molecule is CC1(C)CC2CC(C1)CC(C)(F)C2. The van der Waals surface area contributed by atoms with Crippen LogP contribution in [-0.4, -0.2) is 5.67 Å². The molecule has 0 amide bonds. The van der Waals surface area contributed by atoms with Gasteiger partial charge in [-0.2, -0.15) is 0 Å². The van der Waals surface area contributed by atoms with E-state index in [1.165, 1.54) is 19.3 Å². The zero-order valence-corrected chi connectivity index (χ0v) is 9.07. The Kier molecular flexibility index (Phi) is 1.98. The Morgan fingerprint density at radius 3 is 1.85 bits per heavy atom. The summed E-state index contributed by atoms with van der Waals surface area (Å²) in [4.78, 5) is 0. The minimum absolute atomic E-state index is 0.476. The molecule has 76 valence electrons. The summed E-state index contributed by atoms with van der Waals surface area (Å²) >= 11 is 0. The van der Waals surface area contributed by atoms with E-state index in [0.29, 0.717) is 17.3 Å². The van der Waals surface area contributed by atoms with E-state index in [1.54, 1.807) is 6.92 Å². The molecule has 2 saturated carbocycles. The second kappa shape index (κ2) is 2.71. The number of halogens is 1. The van der Waals surface area contributed by atoms with E-state index in [0.717, 1.165) is 12.8 Å². The number of alkyl halides is 1. The molecule has 2 unspecified atom stereocenters. The van der Waals surface area contributed by atoms with Gasteiger partial charge >= 0.3 is 0 Å². The minimum Gasteiger partial charge on any atom is -0.244 e. The molecule has 1 heteroatoms. The number of fused-ring (bicyclic) bond motifs is 2. The highest BCUT2D eigenvalue weighted by atomic mass is 19.1. The monoisotopic (exact) mass is 184 g/mol. The summed E-state index contributed by atoms with van der Waals surface area (Å²) in [6, 6.07) is 0. The predicted octanol–water partition coefficient (Wildman–Crippen LogP) is 3.95. The zero-order valence-electron chi connectivity index (χ0n) is 9.07. The Hall–Kier alpha value is -0.0700. The third kappa shape index (κ3) is 2.05. The lowest BCUT2D eigenvalue weighted by Gasteiger charge is -2.47. The van der Waals surface area contributed by atoms with Gasteiger partial charge in [-0.3, -0.25) is 0 Å². The van der Waals surface area contributed by atoms with E-state index in [1.807, 2.05) is 0 Å². The largest absolute Gasteiger partial charge is 0.244 e. The molecular formula is C12H21F. The van der Waals surface area contributed by atoms with E-state index in [-0.39, 0.29) is 0 Å². The molecule has 0 aliphatic heterocycles. The van der Waals surface area contributed by atoms with Gasteiger partial charge in [0.15, 0.2) is 0 Å². The second-order valence-electron chi connectivity index (χ2n) is 6.36. The predicted molar refractivity (Wildman–Crippen MR) is 53.4 cm³/mol. The lowest BCUT2D eigenvalue weighted by molar-refractivity contribution is -0.00936. The molecule has 0 nitrogen and oxygen atoms in total. The van der Waals surface area contributed by atoms with E-state index in [2.05, 4.69) is 13.8 Å². The summed E-state index contributed by atoms with van der Waals surface area (Å²) in [7, 11) is 0. The Morgan fingerprint density at radius 2 is 1.38 bits per heavy atom. The summed E-state index contributed by atoms with van der Waals surface area (Å²) in [6.45, 7) is 6.48. The van der Waals surface area contributed by atoms with Gasteiger partial charge in [0, 0.05) is 0 Å². The van der Waals surface area contributed by atoms with Crippen molar-refractivity contribution in [2.45, 2.75) is 58.5 Å². The van der Waals surface area contributed by atoms with Crippen molar-refractivity contribution in [3.63, 3.8) is 0 Å². The van der Waals surface area contributed by atoms with Gasteiger partial charge in [-0.25, -0.2) is 4.39 Å². The maximum atomic E-state index is 13.8. The summed E-state index contributed by atoms with van der Waals surface area (Å²) in [6.07, 6.45) is 5.40. The highest BCUT2D eigenvalue weighted by Crippen LogP contribution is 2.51. The average Bonchev–Trinajstić information content (AvgIpc) is 1.75. The molecule has 0 N–H and O–H groups in total. The van der Waals surface area contributed by atoms with Gasteiger partial charge in [0.05, 0.1) is 0 Å². The molecular weight excluding hydrogens is 163 g/mol. The molecule has 0 saturated heterocycles. The van der Waals surface area contributed by atoms with Gasteiger partial charge in [-0.15, -0.1) is 0 Å². The molecule has 2 fully saturated rings. The van der Waals surface area contributed by atoms with Crippen molar-refractivity contribution in [2.75, 3.05) is 0 Å². The van der Waals surface area contributed by atoms with Crippen molar-refractivity contribution in [3.05, 3.63) is 0 Å². The maximum absolute atomic E-state index is 13.8. The molecule has 2 rings (SSSR count). The fraction of sp³-hybridized carbons (Fsp3) is 1.00. The fourth-order valence-electron chi connectivity index (χ4n) is 3.88. The summed E-state index contributed by atoms with van der Waals surface area (Å²) in [5.41, 5.74) is -0.381. The lowest BCUT2D eigenvalue weighted by Crippen LogP contribution is -2.40. The molecule has 0 aromatic rings. The molecule has 2 atom stereocenters. The molecule has 2 bridgehead atoms. The second-order valence-corrected chi connectivity index (χ2v) is 6.36. The topological polar surface area (TPSA) is 0 Å². The number of rotatable bonds is 0. The van der Waals surface area contributed by atoms with Gasteiger partial charge in [0.25, 0.3) is 0 Å². The normalized spacial score (nSPS) is 48.9. The Morgan fingerprint density at radius 1 is 0.923 bits per heavy atom. The first-order valence-electron chi connectivity index (χ1n) is 5.55. The van der Waals surface area contributed by atoms with E-state index in [9.17, 15) is 4.39 Å². The molecule has 13 heavy (non-hydrogen) atoms. The lowest BCUT2D eigenvalue weighted by atomic mass is 9.59. The van der Waals surface area contributed by atoms with Crippen LogP contribution in [0.4, 0.5) is 4.39 Å². The van der Waals surface area contributed by atoms with Crippen LogP contribution in [0.15, 0.2) is 0 Å². The first-order valence-corrected chi connectivity index (χ1v) is 5.55. The Bertz CT molecular complexity index is 167. The van der Waals surface area contributed by atoms with Crippen LogP contribution < -0.4 is 0 Å². The standard InChI is InChI=1S/C12H21F/c1-11(2)5-9-4-10(6-11)8-12(3,13)7-9/h9-10H,4-8H2,1-3H3. The molecule has 0 radical (unpaired) electrons. The third-order valence-corrected chi connectivity index (χ3v) is 3.78. The number of hydrogen-bond donors (Lipinski definition) is 0. The smallest absolute Gasteiger partial charge is 0.108 e. The molecule has 2 aliphatic carbocycles. The van der Waals surface area contributed by atoms with Crippen LogP contribution in [0.1, 0.15) is 52.9 Å². The average molecular weight is 184 g/mol. The van der Waals surface area contributed by atoms with Crippen LogP contribution in [0.25, 0.3) is 0 Å². The minimum atomic E-state index is -0.857. The van der Waals surface area contributed by atoms with Crippen LogP contribution in [0.2, 0.25) is 0 Å². The summed E-state index contributed by atoms with van der Waals surface area (Å²) in [5, 5.41) is 0. The van der Waals surface area contributed by atoms with Crippen molar-refractivity contribution < 1.29 is 4.39 Å². The maximum Gasteiger partial charge on any atom is 0.108 e. The van der Waals surface area contributed by atoms with Gasteiger partial charge < -0.3 is 0 Å². The number of hydrogen-bond acceptors (Lipinski definition) is 0. The van der Waals surface area contributed by atoms with Crippen LogP contribution in [0.5, 0.6) is 0 Å². The van der Waals surface area contributed by atoms with E-state index in [4.69, 9.17) is 0 Å². The van der Waals surface area contributed by atoms with Crippen molar-refractivity contribution in [1.29, 1.82) is 0 Å². The first-order chi connectivity index (χ1) is 5.86. The van der Waals surface area contributed by atoms with Crippen LogP contribution in [0.3, 0.4) is 0 Å². The highest BCUT2D eigenvalue weighted by Gasteiger charge is 2.44. The van der Waals surface area contributed by atoms with E-state index < -0.39 is 5.67 Å². The van der Waals surface area contributed by atoms with Gasteiger partial charge in [0.2, 0.25) is 0 Å². The molecule has 2 aliphatic rings. The van der Waals surface area contributed by atoms with Crippen molar-refractivity contribution >= 4 is 0 Å². The Balaban J connectivity index is 2.10. The molecule has 0 aromatic carbocycles. The van der Waals surface area contributed by atoms with Crippen LogP contribution >= 0.6 is 0 Å². The van der Waals surface area contributed by atoms with Gasteiger partial charge in [-0.1, -0.05) is 13.8 Å². The highest BCUT2D eigenvalue weighted by molar-refractivity contribution is 4.95. The third-order valence-electron chi connectivity index (χ3n) is 3.78. The Labute approximate surface area is 80.9 Å². The molecule has 0 spiro atoms. The van der Waals surface area contributed by atoms with Gasteiger partial charge in [-0.05, 0) is 56.3 Å². The summed E-state index contributed by atoms with van der Waals surface area (Å²) < 4.78 is 13.8. The quantitative estimate of drug-likeness (QED) is 0.534. The van der Waals surface area contributed by atoms with Crippen LogP contribution in [0, 0.1) is 17.3 Å². The van der Waals surface area contributed by atoms with Crippen molar-refractivity contribution in [1.82, 2.24) is 0 Å². The van der Waals surface area contributed by atoms with Crippen molar-refractivity contribution in [3.8, 4) is 0 Å². The van der Waals surface area contributed by atoms with Gasteiger partial charge in [0.1, 0.15) is 5.67 Å². The molecule has 0 heterocycles. The molecule has 0 aromatic heterocycles. The fourth-order valence-corrected chi connectivity index (χ4v) is 3.88. The first kappa shape index (κ1) is 9.48.